The van der Waals surface area contributed by atoms with Crippen LogP contribution in [0.4, 0.5) is 0 Å². The smallest absolute Gasteiger partial charge is 0.286 e. The summed E-state index contributed by atoms with van der Waals surface area (Å²) in [5.41, 5.74) is 0.991. The third kappa shape index (κ3) is 5.61. The quantitative estimate of drug-likeness (QED) is 0.459. The Morgan fingerprint density at radius 1 is 1.00 bits per heavy atom. The van der Waals surface area contributed by atoms with Crippen LogP contribution in [0.25, 0.3) is 10.2 Å². The van der Waals surface area contributed by atoms with Gasteiger partial charge in [0, 0.05) is 13.2 Å². The molecule has 2 aromatic carbocycles. The van der Waals surface area contributed by atoms with Crippen molar-refractivity contribution in [3.8, 4) is 17.2 Å². The minimum Gasteiger partial charge on any atom is -0.497 e. The van der Waals surface area contributed by atoms with Gasteiger partial charge in [-0.05, 0) is 56.3 Å². The summed E-state index contributed by atoms with van der Waals surface area (Å²) >= 11 is 1.44. The van der Waals surface area contributed by atoms with Gasteiger partial charge in [-0.2, -0.15) is 4.99 Å². The Balaban J connectivity index is 1.82. The second kappa shape index (κ2) is 10.8. The molecule has 160 valence electrons. The number of nitrogens with zero attached hydrogens (tertiary/aromatic N) is 2. The molecule has 0 N–H and O–H groups in total. The van der Waals surface area contributed by atoms with Gasteiger partial charge in [0.2, 0.25) is 0 Å². The fourth-order valence-corrected chi connectivity index (χ4v) is 3.97. The van der Waals surface area contributed by atoms with Crippen LogP contribution in [0.2, 0.25) is 0 Å². The van der Waals surface area contributed by atoms with Gasteiger partial charge in [0.25, 0.3) is 5.91 Å². The van der Waals surface area contributed by atoms with Gasteiger partial charge in [0.05, 0.1) is 30.5 Å². The van der Waals surface area contributed by atoms with Crippen molar-refractivity contribution in [2.75, 3.05) is 33.5 Å². The maximum atomic E-state index is 12.5. The molecule has 0 radical (unpaired) electrons. The monoisotopic (exact) mass is 430 g/mol. The maximum Gasteiger partial charge on any atom is 0.286 e. The highest BCUT2D eigenvalue weighted by atomic mass is 32.1. The van der Waals surface area contributed by atoms with Crippen molar-refractivity contribution in [2.24, 2.45) is 4.99 Å². The Kier molecular flexibility index (Phi) is 7.87. The molecule has 0 bridgehead atoms. The zero-order valence-corrected chi connectivity index (χ0v) is 18.2. The topological polar surface area (TPSA) is 71.3 Å². The Bertz CT molecular complexity index is 1040. The van der Waals surface area contributed by atoms with Crippen molar-refractivity contribution in [2.45, 2.75) is 20.4 Å². The van der Waals surface area contributed by atoms with Crippen molar-refractivity contribution in [3.63, 3.8) is 0 Å². The number of fused-ring (bicyclic) bond motifs is 1. The molecule has 0 aliphatic rings. The lowest BCUT2D eigenvalue weighted by Gasteiger charge is -2.07. The third-order valence-corrected chi connectivity index (χ3v) is 5.31. The molecule has 0 saturated carbocycles. The first kappa shape index (κ1) is 21.9. The van der Waals surface area contributed by atoms with Crippen LogP contribution < -0.4 is 19.0 Å². The zero-order valence-electron chi connectivity index (χ0n) is 17.4. The molecule has 0 fully saturated rings. The molecule has 1 aromatic heterocycles. The molecule has 3 aromatic rings. The molecule has 0 unspecified atom stereocenters. The lowest BCUT2D eigenvalue weighted by molar-refractivity contribution is -0.120. The van der Waals surface area contributed by atoms with Gasteiger partial charge >= 0.3 is 0 Å². The number of aromatic nitrogens is 1. The predicted octanol–water partition coefficient (Wildman–Crippen LogP) is 3.65. The lowest BCUT2D eigenvalue weighted by Crippen LogP contribution is -2.21. The van der Waals surface area contributed by atoms with E-state index >= 15 is 0 Å². The van der Waals surface area contributed by atoms with Crippen LogP contribution in [-0.2, 0) is 16.1 Å². The van der Waals surface area contributed by atoms with Gasteiger partial charge in [-0.15, -0.1) is 0 Å². The van der Waals surface area contributed by atoms with Gasteiger partial charge in [-0.25, -0.2) is 0 Å². The number of hydrogen-bond acceptors (Lipinski definition) is 6. The SMILES string of the molecule is CCOCCn1c(=NC(=O)COc2ccc(OC)cc2)sc2cc(OCC)ccc21. The van der Waals surface area contributed by atoms with Gasteiger partial charge in [0.1, 0.15) is 17.2 Å². The average Bonchev–Trinajstić information content (AvgIpc) is 3.09. The van der Waals surface area contributed by atoms with Crippen LogP contribution in [0.15, 0.2) is 47.5 Å². The third-order valence-electron chi connectivity index (χ3n) is 4.27. The summed E-state index contributed by atoms with van der Waals surface area (Å²) in [5.74, 6) is 1.75. The number of methoxy groups -OCH3 is 1. The Hall–Kier alpha value is -2.84. The van der Waals surface area contributed by atoms with Crippen molar-refractivity contribution in [1.29, 1.82) is 0 Å². The second-order valence-corrected chi connectivity index (χ2v) is 7.27. The summed E-state index contributed by atoms with van der Waals surface area (Å²) in [6, 6.07) is 12.9. The van der Waals surface area contributed by atoms with Crippen molar-refractivity contribution < 1.29 is 23.7 Å². The molecule has 0 atom stereocenters. The number of ether oxygens (including phenoxy) is 4. The molecule has 1 heterocycles. The summed E-state index contributed by atoms with van der Waals surface area (Å²) in [6.07, 6.45) is 0. The summed E-state index contributed by atoms with van der Waals surface area (Å²) < 4.78 is 24.8. The molecule has 8 heteroatoms. The highest BCUT2D eigenvalue weighted by molar-refractivity contribution is 7.16. The number of hydrogen-bond donors (Lipinski definition) is 0. The minimum absolute atomic E-state index is 0.143. The van der Waals surface area contributed by atoms with E-state index in [2.05, 4.69) is 4.99 Å². The van der Waals surface area contributed by atoms with Crippen LogP contribution in [0, 0.1) is 0 Å². The van der Waals surface area contributed by atoms with E-state index < -0.39 is 0 Å². The Morgan fingerprint density at radius 2 is 1.73 bits per heavy atom. The van der Waals surface area contributed by atoms with Crippen LogP contribution >= 0.6 is 11.3 Å². The number of amides is 1. The molecule has 0 spiro atoms. The van der Waals surface area contributed by atoms with E-state index in [1.807, 2.05) is 36.6 Å². The first-order chi connectivity index (χ1) is 14.6. The fraction of sp³-hybridized carbons (Fsp3) is 0.364. The van der Waals surface area contributed by atoms with Crippen molar-refractivity contribution in [1.82, 2.24) is 4.57 Å². The summed E-state index contributed by atoms with van der Waals surface area (Å²) in [5, 5.41) is 0. The molecule has 1 amide bonds. The van der Waals surface area contributed by atoms with Crippen molar-refractivity contribution in [3.05, 3.63) is 47.3 Å². The van der Waals surface area contributed by atoms with Gasteiger partial charge in [-0.1, -0.05) is 11.3 Å². The zero-order chi connectivity index (χ0) is 21.3. The Morgan fingerprint density at radius 3 is 2.43 bits per heavy atom. The Labute approximate surface area is 179 Å². The highest BCUT2D eigenvalue weighted by Gasteiger charge is 2.10. The largest absolute Gasteiger partial charge is 0.497 e. The van der Waals surface area contributed by atoms with Gasteiger partial charge < -0.3 is 23.5 Å². The number of benzene rings is 2. The summed E-state index contributed by atoms with van der Waals surface area (Å²) in [6.45, 7) is 6.14. The molecular weight excluding hydrogens is 404 g/mol. The molecule has 30 heavy (non-hydrogen) atoms. The number of thiazole rings is 1. The van der Waals surface area contributed by atoms with Gasteiger partial charge in [-0.3, -0.25) is 4.79 Å². The van der Waals surface area contributed by atoms with E-state index in [0.29, 0.717) is 36.9 Å². The standard InChI is InChI=1S/C22H26N2O5S/c1-4-27-13-12-24-19-11-10-18(28-5-2)14-20(19)30-22(24)23-21(25)15-29-17-8-6-16(26-3)7-9-17/h6-11,14H,4-5,12-13,15H2,1-3H3. The number of rotatable bonds is 10. The molecule has 0 aliphatic heterocycles. The van der Waals surface area contributed by atoms with Crippen LogP contribution in [0.3, 0.4) is 0 Å². The van der Waals surface area contributed by atoms with E-state index in [-0.39, 0.29) is 12.5 Å². The van der Waals surface area contributed by atoms with E-state index in [4.69, 9.17) is 18.9 Å². The number of carbonyl (C=O) groups excluding carboxylic acids is 1. The van der Waals surface area contributed by atoms with E-state index in [1.165, 1.54) is 11.3 Å². The average molecular weight is 431 g/mol. The predicted molar refractivity (Wildman–Crippen MR) is 117 cm³/mol. The summed E-state index contributed by atoms with van der Waals surface area (Å²) in [7, 11) is 1.60. The lowest BCUT2D eigenvalue weighted by atomic mass is 10.3. The van der Waals surface area contributed by atoms with Crippen LogP contribution in [0.5, 0.6) is 17.2 Å². The van der Waals surface area contributed by atoms with Gasteiger partial charge in [0.15, 0.2) is 11.4 Å². The van der Waals surface area contributed by atoms with E-state index in [1.54, 1.807) is 31.4 Å². The number of carbonyl (C=O) groups is 1. The molecule has 7 nitrogen and oxygen atoms in total. The van der Waals surface area contributed by atoms with Crippen molar-refractivity contribution >= 4 is 27.5 Å². The first-order valence-corrected chi connectivity index (χ1v) is 10.6. The van der Waals surface area contributed by atoms with Crippen LogP contribution in [-0.4, -0.2) is 44.0 Å². The normalized spacial score (nSPS) is 11.6. The molecule has 3 rings (SSSR count). The van der Waals surface area contributed by atoms with E-state index in [0.717, 1.165) is 21.7 Å². The van der Waals surface area contributed by atoms with E-state index in [9.17, 15) is 4.79 Å². The molecular formula is C22H26N2O5S. The highest BCUT2D eigenvalue weighted by Crippen LogP contribution is 2.23. The maximum absolute atomic E-state index is 12.5. The minimum atomic E-state index is -0.354. The van der Waals surface area contributed by atoms with Crippen LogP contribution in [0.1, 0.15) is 13.8 Å². The summed E-state index contributed by atoms with van der Waals surface area (Å²) in [4.78, 5) is 17.4. The first-order valence-electron chi connectivity index (χ1n) is 9.83. The molecule has 0 saturated heterocycles. The fourth-order valence-electron chi connectivity index (χ4n) is 2.87. The molecule has 0 aliphatic carbocycles. The second-order valence-electron chi connectivity index (χ2n) is 6.27.